The zero-order chi connectivity index (χ0) is 14.1. The van der Waals surface area contributed by atoms with Gasteiger partial charge in [-0.1, -0.05) is 36.4 Å². The molecule has 1 atom stereocenters. The van der Waals surface area contributed by atoms with Gasteiger partial charge in [0.05, 0.1) is 10.6 Å². The summed E-state index contributed by atoms with van der Waals surface area (Å²) in [5.74, 6) is -0.0491. The molecule has 0 spiro atoms. The lowest BCUT2D eigenvalue weighted by Crippen LogP contribution is -2.23. The molecule has 0 bridgehead atoms. The van der Waals surface area contributed by atoms with Crippen molar-refractivity contribution in [1.82, 2.24) is 0 Å². The SMILES string of the molecule is OC(Cc1cccc(F)c1Br)C1Cc2ccccc2C1. The van der Waals surface area contributed by atoms with Gasteiger partial charge >= 0.3 is 0 Å². The van der Waals surface area contributed by atoms with Crippen molar-refractivity contribution in [2.24, 2.45) is 5.92 Å². The van der Waals surface area contributed by atoms with Crippen molar-refractivity contribution in [2.45, 2.75) is 25.4 Å². The summed E-state index contributed by atoms with van der Waals surface area (Å²) >= 11 is 3.26. The standard InChI is InChI=1S/C17H16BrFO/c18-17-13(6-3-7-15(17)19)10-16(20)14-8-11-4-1-2-5-12(11)9-14/h1-7,14,16,20H,8-10H2. The first-order valence-electron chi connectivity index (χ1n) is 6.83. The zero-order valence-corrected chi connectivity index (χ0v) is 12.6. The third-order valence-corrected chi connectivity index (χ3v) is 4.98. The Balaban J connectivity index is 1.72. The van der Waals surface area contributed by atoms with E-state index in [0.717, 1.165) is 18.4 Å². The van der Waals surface area contributed by atoms with Crippen LogP contribution in [0, 0.1) is 11.7 Å². The maximum atomic E-state index is 13.5. The summed E-state index contributed by atoms with van der Waals surface area (Å²) in [4.78, 5) is 0. The van der Waals surface area contributed by atoms with Crippen LogP contribution in [0.1, 0.15) is 16.7 Å². The minimum absolute atomic E-state index is 0.225. The number of benzene rings is 2. The van der Waals surface area contributed by atoms with Crippen LogP contribution < -0.4 is 0 Å². The molecule has 0 amide bonds. The van der Waals surface area contributed by atoms with Gasteiger partial charge in [-0.25, -0.2) is 4.39 Å². The highest BCUT2D eigenvalue weighted by Crippen LogP contribution is 2.31. The average molecular weight is 335 g/mol. The van der Waals surface area contributed by atoms with E-state index in [4.69, 9.17) is 0 Å². The summed E-state index contributed by atoms with van der Waals surface area (Å²) in [5, 5.41) is 10.4. The maximum absolute atomic E-state index is 13.5. The van der Waals surface area contributed by atoms with Crippen LogP contribution in [0.15, 0.2) is 46.9 Å². The smallest absolute Gasteiger partial charge is 0.137 e. The fraction of sp³-hybridized carbons (Fsp3) is 0.294. The van der Waals surface area contributed by atoms with Gasteiger partial charge in [-0.15, -0.1) is 0 Å². The van der Waals surface area contributed by atoms with Crippen molar-refractivity contribution < 1.29 is 9.50 Å². The number of halogens is 2. The van der Waals surface area contributed by atoms with Gasteiger partial charge in [0.2, 0.25) is 0 Å². The third kappa shape index (κ3) is 2.65. The van der Waals surface area contributed by atoms with Gasteiger partial charge in [-0.2, -0.15) is 0 Å². The highest BCUT2D eigenvalue weighted by Gasteiger charge is 2.27. The van der Waals surface area contributed by atoms with Gasteiger partial charge in [0.25, 0.3) is 0 Å². The third-order valence-electron chi connectivity index (χ3n) is 4.09. The molecule has 1 nitrogen and oxygen atoms in total. The van der Waals surface area contributed by atoms with Crippen molar-refractivity contribution in [3.8, 4) is 0 Å². The molecule has 0 aliphatic heterocycles. The predicted molar refractivity (Wildman–Crippen MR) is 81.2 cm³/mol. The monoisotopic (exact) mass is 334 g/mol. The van der Waals surface area contributed by atoms with Crippen molar-refractivity contribution >= 4 is 15.9 Å². The second kappa shape index (κ2) is 5.66. The Morgan fingerprint density at radius 2 is 1.75 bits per heavy atom. The molecule has 1 N–H and O–H groups in total. The largest absolute Gasteiger partial charge is 0.392 e. The maximum Gasteiger partial charge on any atom is 0.137 e. The van der Waals surface area contributed by atoms with Crippen LogP contribution in [0.4, 0.5) is 4.39 Å². The molecule has 3 rings (SSSR count). The van der Waals surface area contributed by atoms with Crippen LogP contribution in [0.3, 0.4) is 0 Å². The minimum Gasteiger partial charge on any atom is -0.392 e. The number of aliphatic hydroxyl groups is 1. The molecule has 0 fully saturated rings. The molecule has 0 saturated carbocycles. The molecule has 0 heterocycles. The molecule has 1 aliphatic carbocycles. The van der Waals surface area contributed by atoms with E-state index in [2.05, 4.69) is 28.1 Å². The molecular weight excluding hydrogens is 319 g/mol. The molecule has 2 aromatic rings. The Morgan fingerprint density at radius 1 is 1.10 bits per heavy atom. The molecule has 20 heavy (non-hydrogen) atoms. The summed E-state index contributed by atoms with van der Waals surface area (Å²) in [6.07, 6.45) is 1.85. The molecular formula is C17H16BrFO. The summed E-state index contributed by atoms with van der Waals surface area (Å²) in [6, 6.07) is 13.3. The predicted octanol–water partition coefficient (Wildman–Crippen LogP) is 3.91. The Bertz CT molecular complexity index is 601. The van der Waals surface area contributed by atoms with Gasteiger partial charge in [0.15, 0.2) is 0 Å². The van der Waals surface area contributed by atoms with E-state index in [0.29, 0.717) is 10.9 Å². The van der Waals surface area contributed by atoms with Crippen LogP contribution in [-0.4, -0.2) is 11.2 Å². The van der Waals surface area contributed by atoms with Gasteiger partial charge in [-0.05, 0) is 63.9 Å². The van der Waals surface area contributed by atoms with Gasteiger partial charge < -0.3 is 5.11 Å². The number of rotatable bonds is 3. The lowest BCUT2D eigenvalue weighted by Gasteiger charge is -2.18. The topological polar surface area (TPSA) is 20.2 Å². The first-order valence-corrected chi connectivity index (χ1v) is 7.62. The molecule has 0 radical (unpaired) electrons. The lowest BCUT2D eigenvalue weighted by atomic mass is 9.93. The molecule has 0 saturated heterocycles. The van der Waals surface area contributed by atoms with E-state index in [1.807, 2.05) is 18.2 Å². The van der Waals surface area contributed by atoms with Crippen LogP contribution in [0.25, 0.3) is 0 Å². The van der Waals surface area contributed by atoms with E-state index in [1.165, 1.54) is 17.2 Å². The highest BCUT2D eigenvalue weighted by atomic mass is 79.9. The summed E-state index contributed by atoms with van der Waals surface area (Å²) < 4.78 is 14.0. The normalized spacial score (nSPS) is 16.1. The number of aliphatic hydroxyl groups excluding tert-OH is 1. The van der Waals surface area contributed by atoms with Crippen molar-refractivity contribution in [1.29, 1.82) is 0 Å². The summed E-state index contributed by atoms with van der Waals surface area (Å²) in [7, 11) is 0. The number of fused-ring (bicyclic) bond motifs is 1. The Labute approximate surface area is 126 Å². The zero-order valence-electron chi connectivity index (χ0n) is 11.0. The highest BCUT2D eigenvalue weighted by molar-refractivity contribution is 9.10. The number of hydrogen-bond donors (Lipinski definition) is 1. The molecule has 1 aliphatic rings. The fourth-order valence-corrected chi connectivity index (χ4v) is 3.39. The number of hydrogen-bond acceptors (Lipinski definition) is 1. The lowest BCUT2D eigenvalue weighted by molar-refractivity contribution is 0.112. The van der Waals surface area contributed by atoms with E-state index in [1.54, 1.807) is 6.07 Å². The van der Waals surface area contributed by atoms with Gasteiger partial charge in [0.1, 0.15) is 5.82 Å². The van der Waals surface area contributed by atoms with Crippen LogP contribution in [0.5, 0.6) is 0 Å². The second-order valence-corrected chi connectivity index (χ2v) is 6.21. The van der Waals surface area contributed by atoms with Crippen LogP contribution in [0.2, 0.25) is 0 Å². The molecule has 0 aromatic heterocycles. The molecule has 104 valence electrons. The first-order chi connectivity index (χ1) is 9.65. The minimum atomic E-state index is -0.444. The van der Waals surface area contributed by atoms with Crippen LogP contribution >= 0.6 is 15.9 Å². The van der Waals surface area contributed by atoms with Gasteiger partial charge in [-0.3, -0.25) is 0 Å². The van der Waals surface area contributed by atoms with E-state index < -0.39 is 6.10 Å². The van der Waals surface area contributed by atoms with E-state index in [-0.39, 0.29) is 11.7 Å². The second-order valence-electron chi connectivity index (χ2n) is 5.42. The van der Waals surface area contributed by atoms with Crippen LogP contribution in [-0.2, 0) is 19.3 Å². The molecule has 2 aromatic carbocycles. The Hall–Kier alpha value is -1.19. The summed E-state index contributed by atoms with van der Waals surface area (Å²) in [6.45, 7) is 0. The van der Waals surface area contributed by atoms with Crippen molar-refractivity contribution in [3.05, 3.63) is 69.4 Å². The molecule has 1 unspecified atom stereocenters. The summed E-state index contributed by atoms with van der Waals surface area (Å²) in [5.41, 5.74) is 3.48. The molecule has 3 heteroatoms. The van der Waals surface area contributed by atoms with Crippen molar-refractivity contribution in [2.75, 3.05) is 0 Å². The Morgan fingerprint density at radius 3 is 2.40 bits per heavy atom. The van der Waals surface area contributed by atoms with Crippen molar-refractivity contribution in [3.63, 3.8) is 0 Å². The average Bonchev–Trinajstić information content (AvgIpc) is 2.88. The van der Waals surface area contributed by atoms with Gasteiger partial charge in [0, 0.05) is 0 Å². The van der Waals surface area contributed by atoms with E-state index >= 15 is 0 Å². The quantitative estimate of drug-likeness (QED) is 0.902. The Kier molecular flexibility index (Phi) is 3.90. The fourth-order valence-electron chi connectivity index (χ4n) is 2.96. The van der Waals surface area contributed by atoms with E-state index in [9.17, 15) is 9.50 Å². The first kappa shape index (κ1) is 13.8.